The zero-order valence-electron chi connectivity index (χ0n) is 38.8. The molecule has 2 aliphatic heterocycles. The third-order valence-corrected chi connectivity index (χ3v) is 15.2. The maximum absolute atomic E-state index is 2.52. The van der Waals surface area contributed by atoms with Gasteiger partial charge in [0.25, 0.3) is 0 Å². The topological polar surface area (TPSA) is 6.48 Å². The minimum atomic E-state index is -0.241. The Morgan fingerprint density at radius 2 is 0.647 bits per heavy atom. The van der Waals surface area contributed by atoms with Crippen LogP contribution in [0.5, 0.6) is 0 Å². The van der Waals surface area contributed by atoms with Crippen molar-refractivity contribution in [3.8, 4) is 33.4 Å². The molecular formula is C66H50N2. The lowest BCUT2D eigenvalue weighted by molar-refractivity contribution is 0.632. The monoisotopic (exact) mass is 870 g/mol. The van der Waals surface area contributed by atoms with Crippen molar-refractivity contribution in [2.24, 2.45) is 0 Å². The van der Waals surface area contributed by atoms with E-state index in [1.54, 1.807) is 0 Å². The lowest BCUT2D eigenvalue weighted by Crippen LogP contribution is -2.31. The number of anilines is 6. The Kier molecular flexibility index (Phi) is 8.95. The van der Waals surface area contributed by atoms with Gasteiger partial charge in [0.15, 0.2) is 0 Å². The maximum atomic E-state index is 2.52. The Hall–Kier alpha value is -8.20. The molecule has 13 rings (SSSR count). The van der Waals surface area contributed by atoms with Crippen LogP contribution in [0.3, 0.4) is 0 Å². The van der Waals surface area contributed by atoms with E-state index in [0.717, 1.165) is 11.4 Å². The van der Waals surface area contributed by atoms with Crippen LogP contribution in [-0.4, -0.2) is 0 Å². The number of hydrogen-bond acceptors (Lipinski definition) is 2. The minimum absolute atomic E-state index is 0.241. The quantitative estimate of drug-likeness (QED) is 0.159. The van der Waals surface area contributed by atoms with Crippen molar-refractivity contribution < 1.29 is 0 Å². The van der Waals surface area contributed by atoms with Crippen LogP contribution in [0.25, 0.3) is 65.7 Å². The van der Waals surface area contributed by atoms with E-state index in [1.165, 1.54) is 111 Å². The average Bonchev–Trinajstić information content (AvgIpc) is 3.38. The fraction of sp³-hybridized carbons (Fsp3) is 0.0909. The lowest BCUT2D eigenvalue weighted by atomic mass is 9.72. The smallest absolute Gasteiger partial charge is 0.0581 e. The fourth-order valence-electron chi connectivity index (χ4n) is 12.0. The van der Waals surface area contributed by atoms with Crippen LogP contribution >= 0.6 is 0 Å². The van der Waals surface area contributed by atoms with Crippen molar-refractivity contribution in [1.29, 1.82) is 0 Å². The molecule has 2 aliphatic rings. The second-order valence-electron chi connectivity index (χ2n) is 19.6. The highest BCUT2D eigenvalue weighted by Gasteiger charge is 2.40. The summed E-state index contributed by atoms with van der Waals surface area (Å²) < 4.78 is 0. The van der Waals surface area contributed by atoms with Crippen molar-refractivity contribution in [2.45, 2.75) is 38.5 Å². The second-order valence-corrected chi connectivity index (χ2v) is 19.6. The molecule has 0 atom stereocenters. The van der Waals surface area contributed by atoms with E-state index in [9.17, 15) is 0 Å². The van der Waals surface area contributed by atoms with Crippen LogP contribution in [0, 0.1) is 0 Å². The molecule has 11 aromatic carbocycles. The number of benzene rings is 11. The molecule has 2 heteroatoms. The van der Waals surface area contributed by atoms with Gasteiger partial charge in [-0.05, 0) is 119 Å². The molecule has 0 bridgehead atoms. The van der Waals surface area contributed by atoms with Crippen molar-refractivity contribution in [1.82, 2.24) is 0 Å². The lowest BCUT2D eigenvalue weighted by Gasteiger charge is -2.43. The van der Waals surface area contributed by atoms with Crippen molar-refractivity contribution >= 4 is 66.4 Å². The Labute approximate surface area is 399 Å². The van der Waals surface area contributed by atoms with Crippen molar-refractivity contribution in [3.63, 3.8) is 0 Å². The maximum Gasteiger partial charge on any atom is 0.0581 e. The van der Waals surface area contributed by atoms with E-state index in [2.05, 4.69) is 268 Å². The molecule has 0 saturated carbocycles. The number of hydrogen-bond donors (Lipinski definition) is 0. The predicted molar refractivity (Wildman–Crippen MR) is 289 cm³/mol. The van der Waals surface area contributed by atoms with Gasteiger partial charge in [0, 0.05) is 33.3 Å². The summed E-state index contributed by atoms with van der Waals surface area (Å²) in [5.41, 5.74) is 19.3. The fourth-order valence-corrected chi connectivity index (χ4v) is 12.0. The molecule has 0 aliphatic carbocycles. The summed E-state index contributed by atoms with van der Waals surface area (Å²) in [5, 5.41) is 7.40. The average molecular weight is 871 g/mol. The summed E-state index contributed by atoms with van der Waals surface area (Å²) >= 11 is 0. The van der Waals surface area contributed by atoms with Gasteiger partial charge in [0.1, 0.15) is 0 Å². The molecule has 0 N–H and O–H groups in total. The molecule has 0 spiro atoms. The Morgan fingerprint density at radius 3 is 1.18 bits per heavy atom. The van der Waals surface area contributed by atoms with Crippen molar-refractivity contribution in [2.75, 3.05) is 9.80 Å². The Balaban J connectivity index is 1.16. The van der Waals surface area contributed by atoms with E-state index in [4.69, 9.17) is 0 Å². The summed E-state index contributed by atoms with van der Waals surface area (Å²) in [5.74, 6) is 0. The van der Waals surface area contributed by atoms with Crippen LogP contribution in [0.15, 0.2) is 231 Å². The molecule has 0 aromatic heterocycles. The molecule has 0 unspecified atom stereocenters. The first-order valence-corrected chi connectivity index (χ1v) is 23.9. The zero-order chi connectivity index (χ0) is 45.7. The third kappa shape index (κ3) is 5.83. The highest BCUT2D eigenvalue weighted by molar-refractivity contribution is 6.22. The summed E-state index contributed by atoms with van der Waals surface area (Å²) in [7, 11) is 0. The molecule has 0 saturated heterocycles. The van der Waals surface area contributed by atoms with Crippen molar-refractivity contribution in [3.05, 3.63) is 253 Å². The van der Waals surface area contributed by atoms with Gasteiger partial charge < -0.3 is 9.80 Å². The second kappa shape index (κ2) is 15.2. The first-order valence-electron chi connectivity index (χ1n) is 23.9. The molecule has 11 aromatic rings. The molecule has 2 heterocycles. The first-order chi connectivity index (χ1) is 33.3. The number of nitrogens with zero attached hydrogens (tertiary/aromatic N) is 2. The van der Waals surface area contributed by atoms with E-state index in [0.29, 0.717) is 0 Å². The largest absolute Gasteiger partial charge is 0.309 e. The standard InChI is InChI=1S/C66H50N2/c1-65(2)56-36-13-15-40-60(56)67(44-24-7-5-8-25-44)63-52(34-20-38-58(63)65)47-29-18-32-50-54(47)42-55-48(30-19-33-51(55)62(50)49-31-17-23-43-22-11-12-28-46(43)49)53-35-21-39-59-64(53)68(45-26-9-6-10-27-45)61-41-16-14-37-57(61)66(59,3)4/h5-42H,1-4H3. The Bertz CT molecular complexity index is 3590. The van der Waals surface area contributed by atoms with Gasteiger partial charge in [0.05, 0.1) is 22.7 Å². The van der Waals surface area contributed by atoms with E-state index >= 15 is 0 Å². The molecule has 68 heavy (non-hydrogen) atoms. The van der Waals surface area contributed by atoms with Gasteiger partial charge in [-0.1, -0.05) is 216 Å². The summed E-state index contributed by atoms with van der Waals surface area (Å²) in [6.07, 6.45) is 0. The highest BCUT2D eigenvalue weighted by atomic mass is 15.2. The molecule has 0 amide bonds. The Morgan fingerprint density at radius 1 is 0.279 bits per heavy atom. The third-order valence-electron chi connectivity index (χ3n) is 15.2. The minimum Gasteiger partial charge on any atom is -0.309 e. The highest BCUT2D eigenvalue weighted by Crippen LogP contribution is 2.58. The van der Waals surface area contributed by atoms with Gasteiger partial charge in [-0.2, -0.15) is 0 Å². The molecule has 0 fully saturated rings. The van der Waals surface area contributed by atoms with Crippen LogP contribution in [0.1, 0.15) is 49.9 Å². The zero-order valence-corrected chi connectivity index (χ0v) is 38.8. The summed E-state index contributed by atoms with van der Waals surface area (Å²) in [6.45, 7) is 9.54. The number of fused-ring (bicyclic) bond motifs is 7. The van der Waals surface area contributed by atoms with Gasteiger partial charge in [-0.25, -0.2) is 0 Å². The molecule has 0 radical (unpaired) electrons. The van der Waals surface area contributed by atoms with Crippen LogP contribution in [0.2, 0.25) is 0 Å². The predicted octanol–water partition coefficient (Wildman–Crippen LogP) is 18.4. The molecule has 2 nitrogen and oxygen atoms in total. The van der Waals surface area contributed by atoms with Gasteiger partial charge in [-0.3, -0.25) is 0 Å². The molecule has 324 valence electrons. The van der Waals surface area contributed by atoms with Crippen LogP contribution in [0.4, 0.5) is 34.1 Å². The molecular weight excluding hydrogens is 821 g/mol. The summed E-state index contributed by atoms with van der Waals surface area (Å²) in [6, 6.07) is 85.9. The SMILES string of the molecule is CC1(C)c2ccccc2N(c2ccccc2)c2c(-c3cccc4c(-c5cccc6ccccc56)c5cccc(-c6cccc7c6N(c6ccccc6)c6ccccc6C7(C)C)c5cc34)cccc21. The van der Waals surface area contributed by atoms with Crippen LogP contribution in [-0.2, 0) is 10.8 Å². The first kappa shape index (κ1) is 40.1. The van der Waals surface area contributed by atoms with Gasteiger partial charge in [-0.15, -0.1) is 0 Å². The van der Waals surface area contributed by atoms with E-state index in [1.807, 2.05) is 0 Å². The van der Waals surface area contributed by atoms with Gasteiger partial charge >= 0.3 is 0 Å². The summed E-state index contributed by atoms with van der Waals surface area (Å²) in [4.78, 5) is 5.02. The van der Waals surface area contributed by atoms with Crippen LogP contribution < -0.4 is 9.80 Å². The normalized spacial score (nSPS) is 14.4. The van der Waals surface area contributed by atoms with E-state index in [-0.39, 0.29) is 10.8 Å². The van der Waals surface area contributed by atoms with Gasteiger partial charge in [0.2, 0.25) is 0 Å². The van der Waals surface area contributed by atoms with E-state index < -0.39 is 0 Å². The number of para-hydroxylation sites is 6. The number of rotatable bonds is 5.